The molecule has 0 bridgehead atoms. The number of alkyl halides is 3. The summed E-state index contributed by atoms with van der Waals surface area (Å²) in [5.74, 6) is 0.403. The molecule has 3 nitrogen and oxygen atoms in total. The first-order chi connectivity index (χ1) is 8.33. The summed E-state index contributed by atoms with van der Waals surface area (Å²) in [7, 11) is -0.100. The van der Waals surface area contributed by atoms with Gasteiger partial charge in [0.25, 0.3) is 0 Å². The summed E-state index contributed by atoms with van der Waals surface area (Å²) in [5.41, 5.74) is 5.92. The monoisotopic (exact) mass is 281 g/mol. The molecule has 1 unspecified atom stereocenters. The minimum atomic E-state index is -4.22. The molecule has 1 aromatic carbocycles. The van der Waals surface area contributed by atoms with E-state index in [9.17, 15) is 17.4 Å². The van der Waals surface area contributed by atoms with Gasteiger partial charge >= 0.3 is 6.18 Å². The van der Waals surface area contributed by atoms with Gasteiger partial charge in [0.15, 0.2) is 0 Å². The molecule has 0 radical (unpaired) electrons. The molecular weight excluding hydrogens is 267 g/mol. The maximum absolute atomic E-state index is 12.0. The zero-order valence-electron chi connectivity index (χ0n) is 9.79. The molecule has 0 fully saturated rings. The standard InChI is InChI=1S/C11H14F3NO2S/c1-17-8-3-4-9(15)10(7-8)18(16)6-2-5-11(12,13)14/h3-4,7H,2,5-6,15H2,1H3. The highest BCUT2D eigenvalue weighted by atomic mass is 32.2. The number of nitrogen functional groups attached to an aromatic ring is 1. The van der Waals surface area contributed by atoms with Gasteiger partial charge in [-0.1, -0.05) is 0 Å². The Labute approximate surface area is 106 Å². The second-order valence-corrected chi connectivity index (χ2v) is 5.21. The molecule has 0 amide bonds. The van der Waals surface area contributed by atoms with Gasteiger partial charge in [0.05, 0.1) is 22.8 Å². The number of nitrogens with two attached hydrogens (primary N) is 1. The Hall–Kier alpha value is -1.24. The first-order valence-electron chi connectivity index (χ1n) is 5.22. The van der Waals surface area contributed by atoms with E-state index in [0.717, 1.165) is 0 Å². The van der Waals surface area contributed by atoms with Gasteiger partial charge in [0.2, 0.25) is 0 Å². The molecule has 0 heterocycles. The topological polar surface area (TPSA) is 52.3 Å². The van der Waals surface area contributed by atoms with Crippen LogP contribution in [0.4, 0.5) is 18.9 Å². The smallest absolute Gasteiger partial charge is 0.389 e. The number of hydrogen-bond acceptors (Lipinski definition) is 3. The van der Waals surface area contributed by atoms with Crippen molar-refractivity contribution in [3.63, 3.8) is 0 Å². The molecular formula is C11H14F3NO2S. The van der Waals surface area contributed by atoms with Gasteiger partial charge in [-0.25, -0.2) is 0 Å². The Bertz CT molecular complexity index is 435. The highest BCUT2D eigenvalue weighted by Gasteiger charge is 2.26. The molecule has 7 heteroatoms. The van der Waals surface area contributed by atoms with Crippen molar-refractivity contribution in [3.8, 4) is 5.75 Å². The Kier molecular flexibility index (Phi) is 5.01. The van der Waals surface area contributed by atoms with E-state index >= 15 is 0 Å². The van der Waals surface area contributed by atoms with Crippen molar-refractivity contribution in [3.05, 3.63) is 18.2 Å². The van der Waals surface area contributed by atoms with Crippen molar-refractivity contribution in [2.75, 3.05) is 18.6 Å². The van der Waals surface area contributed by atoms with Crippen LogP contribution in [0.3, 0.4) is 0 Å². The Morgan fingerprint density at radius 1 is 1.39 bits per heavy atom. The van der Waals surface area contributed by atoms with Crippen molar-refractivity contribution in [2.24, 2.45) is 0 Å². The summed E-state index contributed by atoms with van der Waals surface area (Å²) in [4.78, 5) is 0.316. The number of benzene rings is 1. The van der Waals surface area contributed by atoms with E-state index in [1.807, 2.05) is 0 Å². The highest BCUT2D eigenvalue weighted by Crippen LogP contribution is 2.25. The van der Waals surface area contributed by atoms with Crippen LogP contribution in [0.2, 0.25) is 0 Å². The third kappa shape index (κ3) is 4.56. The van der Waals surface area contributed by atoms with E-state index in [1.54, 1.807) is 6.07 Å². The highest BCUT2D eigenvalue weighted by molar-refractivity contribution is 7.85. The van der Waals surface area contributed by atoms with Crippen LogP contribution < -0.4 is 10.5 Å². The molecule has 18 heavy (non-hydrogen) atoms. The molecule has 0 saturated carbocycles. The average Bonchev–Trinajstić information content (AvgIpc) is 2.27. The SMILES string of the molecule is COc1ccc(N)c(S(=O)CCCC(F)(F)F)c1. The first-order valence-corrected chi connectivity index (χ1v) is 6.54. The summed E-state index contributed by atoms with van der Waals surface area (Å²) in [6.07, 6.45) is -5.35. The van der Waals surface area contributed by atoms with Crippen LogP contribution >= 0.6 is 0 Å². The molecule has 102 valence electrons. The van der Waals surface area contributed by atoms with Crippen LogP contribution in [-0.2, 0) is 10.8 Å². The van der Waals surface area contributed by atoms with Gasteiger partial charge in [-0.2, -0.15) is 13.2 Å². The lowest BCUT2D eigenvalue weighted by Gasteiger charge is -2.09. The summed E-state index contributed by atoms with van der Waals surface area (Å²) in [6, 6.07) is 4.61. The van der Waals surface area contributed by atoms with Gasteiger partial charge in [0.1, 0.15) is 5.75 Å². The van der Waals surface area contributed by atoms with Gasteiger partial charge in [-0.3, -0.25) is 4.21 Å². The third-order valence-corrected chi connectivity index (χ3v) is 3.76. The largest absolute Gasteiger partial charge is 0.497 e. The van der Waals surface area contributed by atoms with Gasteiger partial charge in [0, 0.05) is 17.9 Å². The first kappa shape index (κ1) is 14.8. The van der Waals surface area contributed by atoms with E-state index in [2.05, 4.69) is 0 Å². The summed E-state index contributed by atoms with van der Waals surface area (Å²) >= 11 is 0. The van der Waals surface area contributed by atoms with E-state index in [0.29, 0.717) is 16.3 Å². The lowest BCUT2D eigenvalue weighted by molar-refractivity contribution is -0.134. The van der Waals surface area contributed by atoms with Crippen LogP contribution in [0.1, 0.15) is 12.8 Å². The maximum atomic E-state index is 12.0. The van der Waals surface area contributed by atoms with Crippen molar-refractivity contribution in [1.82, 2.24) is 0 Å². The normalized spacial score (nSPS) is 13.3. The van der Waals surface area contributed by atoms with Crippen molar-refractivity contribution < 1.29 is 22.1 Å². The van der Waals surface area contributed by atoms with Crippen LogP contribution in [0.15, 0.2) is 23.1 Å². The number of ether oxygens (including phenoxy) is 1. The lowest BCUT2D eigenvalue weighted by atomic mass is 10.3. The quantitative estimate of drug-likeness (QED) is 0.844. The summed E-state index contributed by atoms with van der Waals surface area (Å²) in [6.45, 7) is 0. The van der Waals surface area contributed by atoms with E-state index in [-0.39, 0.29) is 12.2 Å². The number of methoxy groups -OCH3 is 1. The molecule has 2 N–H and O–H groups in total. The molecule has 1 atom stereocenters. The molecule has 0 aliphatic heterocycles. The Morgan fingerprint density at radius 3 is 2.61 bits per heavy atom. The number of rotatable bonds is 5. The third-order valence-electron chi connectivity index (χ3n) is 2.26. The van der Waals surface area contributed by atoms with Crippen LogP contribution in [0.5, 0.6) is 5.75 Å². The minimum absolute atomic E-state index is 0.0725. The fraction of sp³-hybridized carbons (Fsp3) is 0.455. The second kappa shape index (κ2) is 6.08. The molecule has 1 rings (SSSR count). The number of anilines is 1. The van der Waals surface area contributed by atoms with Crippen LogP contribution in [0.25, 0.3) is 0 Å². The van der Waals surface area contributed by atoms with Gasteiger partial charge < -0.3 is 10.5 Å². The fourth-order valence-corrected chi connectivity index (χ4v) is 2.56. The minimum Gasteiger partial charge on any atom is -0.497 e. The number of halogens is 3. The summed E-state index contributed by atoms with van der Waals surface area (Å²) in [5, 5.41) is 0. The van der Waals surface area contributed by atoms with Crippen LogP contribution in [-0.4, -0.2) is 23.2 Å². The fourth-order valence-electron chi connectivity index (χ4n) is 1.35. The van der Waals surface area contributed by atoms with E-state index < -0.39 is 23.4 Å². The molecule has 0 aliphatic carbocycles. The maximum Gasteiger partial charge on any atom is 0.389 e. The van der Waals surface area contributed by atoms with Crippen molar-refractivity contribution in [2.45, 2.75) is 23.9 Å². The van der Waals surface area contributed by atoms with Crippen LogP contribution in [0, 0.1) is 0 Å². The van der Waals surface area contributed by atoms with Crippen molar-refractivity contribution in [1.29, 1.82) is 0 Å². The van der Waals surface area contributed by atoms with Gasteiger partial charge in [-0.15, -0.1) is 0 Å². The second-order valence-electron chi connectivity index (χ2n) is 3.67. The predicted octanol–water partition coefficient (Wildman–Crippen LogP) is 2.73. The Morgan fingerprint density at radius 2 is 2.06 bits per heavy atom. The predicted molar refractivity (Wildman–Crippen MR) is 64.0 cm³/mol. The lowest BCUT2D eigenvalue weighted by Crippen LogP contribution is -2.10. The zero-order chi connectivity index (χ0) is 13.8. The van der Waals surface area contributed by atoms with E-state index in [1.165, 1.54) is 19.2 Å². The molecule has 0 spiro atoms. The Balaban J connectivity index is 2.66. The molecule has 0 aromatic heterocycles. The van der Waals surface area contributed by atoms with Gasteiger partial charge in [-0.05, 0) is 24.6 Å². The molecule has 1 aromatic rings. The van der Waals surface area contributed by atoms with E-state index in [4.69, 9.17) is 10.5 Å². The number of hydrogen-bond donors (Lipinski definition) is 1. The molecule has 0 aliphatic rings. The van der Waals surface area contributed by atoms with Crippen molar-refractivity contribution >= 4 is 16.5 Å². The summed E-state index contributed by atoms with van der Waals surface area (Å²) < 4.78 is 52.7. The molecule has 0 saturated heterocycles. The average molecular weight is 281 g/mol. The zero-order valence-corrected chi connectivity index (χ0v) is 10.6.